The third kappa shape index (κ3) is 3.78. The molecule has 0 saturated carbocycles. The summed E-state index contributed by atoms with van der Waals surface area (Å²) in [6, 6.07) is 21.1. The lowest BCUT2D eigenvalue weighted by Crippen LogP contribution is -2.40. The van der Waals surface area contributed by atoms with Crippen molar-refractivity contribution in [2.45, 2.75) is 0 Å². The molecule has 2 aliphatic heterocycles. The van der Waals surface area contributed by atoms with E-state index in [1.807, 2.05) is 12.1 Å². The summed E-state index contributed by atoms with van der Waals surface area (Å²) < 4.78 is 26.4. The van der Waals surface area contributed by atoms with Gasteiger partial charge in [0.05, 0.1) is 24.6 Å². The van der Waals surface area contributed by atoms with E-state index in [1.165, 1.54) is 34.1 Å². The van der Waals surface area contributed by atoms with Gasteiger partial charge in [-0.25, -0.2) is 0 Å². The van der Waals surface area contributed by atoms with E-state index in [0.717, 1.165) is 26.3 Å². The second-order valence-electron chi connectivity index (χ2n) is 5.55. The fourth-order valence-corrected chi connectivity index (χ4v) is 10.3. The van der Waals surface area contributed by atoms with Crippen LogP contribution in [-0.4, -0.2) is 31.0 Å². The summed E-state index contributed by atoms with van der Waals surface area (Å²) in [6.07, 6.45) is 0. The Morgan fingerprint density at radius 2 is 1.58 bits per heavy atom. The zero-order valence-corrected chi connectivity index (χ0v) is 17.3. The second-order valence-corrected chi connectivity index (χ2v) is 11.6. The molecule has 2 heterocycles. The first-order valence-corrected chi connectivity index (χ1v) is 12.4. The minimum absolute atomic E-state index is 0.720. The van der Waals surface area contributed by atoms with E-state index < -0.39 is 18.3 Å². The molecule has 10 heteroatoms. The molecule has 2 aromatic rings. The Bertz CT molecular complexity index is 866. The molecular weight excluding hydrogens is 405 g/mol. The summed E-state index contributed by atoms with van der Waals surface area (Å²) in [7, 11) is -2.21. The zero-order valence-electron chi connectivity index (χ0n) is 13.9. The fraction of sp³-hybridized carbons (Fsp3) is 0.250. The molecule has 0 bridgehead atoms. The van der Waals surface area contributed by atoms with Crippen molar-refractivity contribution in [2.24, 2.45) is 15.5 Å². The predicted octanol–water partition coefficient (Wildman–Crippen LogP) is 3.74. The molecule has 1 saturated heterocycles. The molecule has 0 spiro atoms. The van der Waals surface area contributed by atoms with Crippen LogP contribution in [0.3, 0.4) is 0 Å². The molecule has 2 aromatic carbocycles. The smallest absolute Gasteiger partial charge is 0.166 e. The fourth-order valence-electron chi connectivity index (χ4n) is 2.99. The summed E-state index contributed by atoms with van der Waals surface area (Å²) in [6.45, 7) is 3.14. The maximum atomic E-state index is 5.62. The lowest BCUT2D eigenvalue weighted by atomic mass is 10.4. The molecule has 0 aromatic heterocycles. The monoisotopic (exact) mass is 423 g/mol. The van der Waals surface area contributed by atoms with Gasteiger partial charge in [-0.2, -0.15) is 4.15 Å². The van der Waals surface area contributed by atoms with Crippen molar-refractivity contribution in [3.05, 3.63) is 60.7 Å². The Labute approximate surface area is 164 Å². The summed E-state index contributed by atoms with van der Waals surface area (Å²) in [5, 5.41) is 2.45. The van der Waals surface area contributed by atoms with Gasteiger partial charge in [-0.15, -0.1) is 11.3 Å². The van der Waals surface area contributed by atoms with Crippen LogP contribution in [0.5, 0.6) is 0 Å². The average Bonchev–Trinajstić information content (AvgIpc) is 2.75. The number of nitrogens with zero attached hydrogens (tertiary/aromatic N) is 5. The van der Waals surface area contributed by atoms with Crippen molar-refractivity contribution in [2.75, 3.05) is 26.3 Å². The van der Waals surface area contributed by atoms with Crippen molar-refractivity contribution in [1.29, 1.82) is 0 Å². The predicted molar refractivity (Wildman–Crippen MR) is 113 cm³/mol. The topological polar surface area (TPSA) is 61.9 Å². The van der Waals surface area contributed by atoms with Crippen LogP contribution in [0.4, 0.5) is 0 Å². The molecule has 0 aliphatic carbocycles. The van der Waals surface area contributed by atoms with Gasteiger partial charge in [0, 0.05) is 23.7 Å². The van der Waals surface area contributed by atoms with Crippen molar-refractivity contribution < 1.29 is 4.74 Å². The van der Waals surface area contributed by atoms with Crippen LogP contribution in [-0.2, 0) is 27.2 Å². The molecule has 26 heavy (non-hydrogen) atoms. The Balaban J connectivity index is 1.99. The molecule has 0 N–H and O–H groups in total. The van der Waals surface area contributed by atoms with Crippen LogP contribution in [0.1, 0.15) is 0 Å². The molecule has 0 radical (unpaired) electrons. The quantitative estimate of drug-likeness (QED) is 0.556. The van der Waals surface area contributed by atoms with Gasteiger partial charge in [-0.05, 0) is 0 Å². The van der Waals surface area contributed by atoms with E-state index in [0.29, 0.717) is 0 Å². The highest BCUT2D eigenvalue weighted by molar-refractivity contribution is 8.09. The lowest BCUT2D eigenvalue weighted by Gasteiger charge is -2.39. The lowest BCUT2D eigenvalue weighted by molar-refractivity contribution is 0.0750. The maximum Gasteiger partial charge on any atom is 0.166 e. The number of benzene rings is 2. The Morgan fingerprint density at radius 1 is 0.962 bits per heavy atom. The van der Waals surface area contributed by atoms with Gasteiger partial charge in [0.1, 0.15) is 19.3 Å². The van der Waals surface area contributed by atoms with Crippen LogP contribution < -0.4 is 10.6 Å². The SMILES string of the molecule is c1ccc(P(=NS2=NSN=S=N2)(c2ccccc2)N2CCOCC2)cc1. The van der Waals surface area contributed by atoms with E-state index in [9.17, 15) is 0 Å². The molecule has 1 unspecified atom stereocenters. The third-order valence-corrected chi connectivity index (χ3v) is 11.0. The van der Waals surface area contributed by atoms with Gasteiger partial charge in [0.25, 0.3) is 0 Å². The van der Waals surface area contributed by atoms with E-state index in [2.05, 4.69) is 64.5 Å². The van der Waals surface area contributed by atoms with Gasteiger partial charge < -0.3 is 4.74 Å². The molecule has 4 rings (SSSR count). The first kappa shape index (κ1) is 18.3. The minimum atomic E-state index is -2.21. The molecule has 1 atom stereocenters. The summed E-state index contributed by atoms with van der Waals surface area (Å²) in [5.74, 6) is 0. The largest absolute Gasteiger partial charge is 0.379 e. The standard InChI is InChI=1S/C16H18N5OPS3/c1-3-7-15(8-4-1)23(16-9-5-2-6-10-16,21-11-13-22-14-12-21)17-26-19-24-18-25-20-26/h1-10H,11-14H2. The van der Waals surface area contributed by atoms with E-state index >= 15 is 0 Å². The van der Waals surface area contributed by atoms with Crippen LogP contribution in [0, 0.1) is 0 Å². The van der Waals surface area contributed by atoms with Crippen molar-refractivity contribution >= 4 is 52.4 Å². The normalized spacial score (nSPS) is 20.8. The number of morpholine rings is 1. The molecule has 136 valence electrons. The first-order valence-electron chi connectivity index (χ1n) is 8.16. The van der Waals surface area contributed by atoms with Crippen LogP contribution in [0.2, 0.25) is 0 Å². The molecular formula is C16H18N5OPS3. The van der Waals surface area contributed by atoms with Gasteiger partial charge in [-0.3, -0.25) is 4.67 Å². The van der Waals surface area contributed by atoms with Crippen LogP contribution in [0.25, 0.3) is 0 Å². The first-order chi connectivity index (χ1) is 12.9. The van der Waals surface area contributed by atoms with Crippen molar-refractivity contribution in [1.82, 2.24) is 4.67 Å². The molecule has 2 aliphatic rings. The van der Waals surface area contributed by atoms with Gasteiger partial charge in [0.15, 0.2) is 11.1 Å². The Morgan fingerprint density at radius 3 is 2.12 bits per heavy atom. The van der Waals surface area contributed by atoms with Crippen molar-refractivity contribution in [3.8, 4) is 0 Å². The summed E-state index contributed by atoms with van der Waals surface area (Å²) >= 11 is 1.64. The number of hydrogen-bond acceptors (Lipinski definition) is 6. The second kappa shape index (κ2) is 8.73. The number of rotatable bonds is 4. The van der Waals surface area contributed by atoms with Crippen molar-refractivity contribution in [3.63, 3.8) is 0 Å². The summed E-state index contributed by atoms with van der Waals surface area (Å²) in [5.41, 5.74) is 0. The minimum Gasteiger partial charge on any atom is -0.379 e. The van der Waals surface area contributed by atoms with E-state index in [4.69, 9.17) is 8.89 Å². The highest BCUT2D eigenvalue weighted by Gasteiger charge is 2.34. The van der Waals surface area contributed by atoms with Gasteiger partial charge >= 0.3 is 0 Å². The highest BCUT2D eigenvalue weighted by atomic mass is 32.3. The van der Waals surface area contributed by atoms with Crippen LogP contribution in [0.15, 0.2) is 76.1 Å². The van der Waals surface area contributed by atoms with Gasteiger partial charge in [-0.1, -0.05) is 60.7 Å². The molecule has 6 nitrogen and oxygen atoms in total. The van der Waals surface area contributed by atoms with Gasteiger partial charge in [0.2, 0.25) is 0 Å². The number of ether oxygens (including phenoxy) is 1. The van der Waals surface area contributed by atoms with E-state index in [1.54, 1.807) is 0 Å². The highest BCUT2D eigenvalue weighted by Crippen LogP contribution is 2.52. The van der Waals surface area contributed by atoms with E-state index in [-0.39, 0.29) is 0 Å². The Hall–Kier alpha value is -1.09. The molecule has 0 amide bonds. The van der Waals surface area contributed by atoms with Crippen LogP contribution >= 0.6 is 19.3 Å². The average molecular weight is 424 g/mol. The molecule has 1 fully saturated rings. The summed E-state index contributed by atoms with van der Waals surface area (Å²) in [4.78, 5) is 0. The number of hydrogen-bond donors (Lipinski definition) is 0. The maximum absolute atomic E-state index is 5.62. The third-order valence-electron chi connectivity index (χ3n) is 4.09. The Kier molecular flexibility index (Phi) is 6.14. The zero-order chi connectivity index (χ0) is 17.7.